The van der Waals surface area contributed by atoms with E-state index in [2.05, 4.69) is 158 Å². The standard InChI is InChI=1S/C37H28P2/c1-5-13-30(14-6-1)38(31-15-7-2-8-16-31)34-21-23-36-28(26-34)25-29-27-35(22-24-37(29)36)39(32-17-9-3-10-18-32)33-19-11-4-12-20-33/h1-24,26-27H,25H2. The first-order valence-electron chi connectivity index (χ1n) is 13.4. The zero-order valence-corrected chi connectivity index (χ0v) is 23.4. The summed E-state index contributed by atoms with van der Waals surface area (Å²) in [6, 6.07) is 58.4. The molecule has 0 heterocycles. The van der Waals surface area contributed by atoms with E-state index in [1.54, 1.807) is 0 Å². The van der Waals surface area contributed by atoms with Crippen LogP contribution in [0.25, 0.3) is 11.1 Å². The van der Waals surface area contributed by atoms with Crippen molar-refractivity contribution >= 4 is 47.7 Å². The fourth-order valence-electron chi connectivity index (χ4n) is 5.66. The van der Waals surface area contributed by atoms with Crippen LogP contribution in [0, 0.1) is 0 Å². The zero-order chi connectivity index (χ0) is 26.0. The smallest absolute Gasteiger partial charge is 0.00130 e. The van der Waals surface area contributed by atoms with Crippen LogP contribution in [0.4, 0.5) is 0 Å². The lowest BCUT2D eigenvalue weighted by Gasteiger charge is -2.20. The van der Waals surface area contributed by atoms with Crippen molar-refractivity contribution in [1.29, 1.82) is 0 Å². The fourth-order valence-corrected chi connectivity index (χ4v) is 10.4. The predicted molar refractivity (Wildman–Crippen MR) is 172 cm³/mol. The second-order valence-corrected chi connectivity index (χ2v) is 14.3. The Kier molecular flexibility index (Phi) is 6.68. The van der Waals surface area contributed by atoms with Crippen molar-refractivity contribution < 1.29 is 0 Å². The molecular weight excluding hydrogens is 506 g/mol. The van der Waals surface area contributed by atoms with Crippen LogP contribution in [0.3, 0.4) is 0 Å². The van der Waals surface area contributed by atoms with Gasteiger partial charge in [0, 0.05) is 0 Å². The van der Waals surface area contributed by atoms with Crippen LogP contribution in [0.1, 0.15) is 11.1 Å². The predicted octanol–water partition coefficient (Wildman–Crippen LogP) is 6.77. The molecule has 0 bridgehead atoms. The van der Waals surface area contributed by atoms with Crippen molar-refractivity contribution in [3.8, 4) is 11.1 Å². The molecule has 1 aliphatic carbocycles. The van der Waals surface area contributed by atoms with Crippen LogP contribution in [0.15, 0.2) is 158 Å². The molecule has 0 aliphatic heterocycles. The molecule has 0 radical (unpaired) electrons. The lowest BCUT2D eigenvalue weighted by molar-refractivity contribution is 1.27. The minimum Gasteiger partial charge on any atom is -0.0622 e. The summed E-state index contributed by atoms with van der Waals surface area (Å²) in [6.07, 6.45) is 0.992. The molecular formula is C37H28P2. The van der Waals surface area contributed by atoms with E-state index in [-0.39, 0.29) is 0 Å². The lowest BCUT2D eigenvalue weighted by atomic mass is 10.1. The van der Waals surface area contributed by atoms with Crippen LogP contribution >= 0.6 is 15.8 Å². The van der Waals surface area contributed by atoms with Gasteiger partial charge in [0.1, 0.15) is 0 Å². The van der Waals surface area contributed by atoms with Gasteiger partial charge in [0.2, 0.25) is 0 Å². The van der Waals surface area contributed by atoms with Crippen LogP contribution < -0.4 is 31.8 Å². The van der Waals surface area contributed by atoms with E-state index < -0.39 is 15.8 Å². The molecule has 39 heavy (non-hydrogen) atoms. The first-order valence-corrected chi connectivity index (χ1v) is 16.1. The monoisotopic (exact) mass is 534 g/mol. The summed E-state index contributed by atoms with van der Waals surface area (Å²) >= 11 is 0. The molecule has 7 rings (SSSR count). The molecule has 0 saturated heterocycles. The van der Waals surface area contributed by atoms with Gasteiger partial charge in [-0.05, 0) is 88.5 Å². The first kappa shape index (κ1) is 24.2. The lowest BCUT2D eigenvalue weighted by Crippen LogP contribution is -2.20. The molecule has 0 spiro atoms. The Hall–Kier alpha value is -3.82. The normalized spacial score (nSPS) is 11.9. The number of fused-ring (bicyclic) bond motifs is 3. The molecule has 0 N–H and O–H groups in total. The van der Waals surface area contributed by atoms with Crippen molar-refractivity contribution in [2.75, 3.05) is 0 Å². The van der Waals surface area contributed by atoms with Crippen molar-refractivity contribution in [3.63, 3.8) is 0 Å². The molecule has 0 aromatic heterocycles. The van der Waals surface area contributed by atoms with E-state index >= 15 is 0 Å². The highest BCUT2D eigenvalue weighted by molar-refractivity contribution is 7.80. The molecule has 0 fully saturated rings. The van der Waals surface area contributed by atoms with Crippen molar-refractivity contribution in [2.45, 2.75) is 6.42 Å². The molecule has 0 atom stereocenters. The van der Waals surface area contributed by atoms with E-state index in [4.69, 9.17) is 0 Å². The second kappa shape index (κ2) is 10.7. The van der Waals surface area contributed by atoms with Gasteiger partial charge in [0.05, 0.1) is 0 Å². The average molecular weight is 535 g/mol. The Labute approximate surface area is 233 Å². The summed E-state index contributed by atoms with van der Waals surface area (Å²) in [5.74, 6) is 0. The molecule has 0 amide bonds. The van der Waals surface area contributed by atoms with Gasteiger partial charge in [-0.25, -0.2) is 0 Å². The van der Waals surface area contributed by atoms with Gasteiger partial charge in [0.25, 0.3) is 0 Å². The van der Waals surface area contributed by atoms with E-state index in [0.29, 0.717) is 0 Å². The number of benzene rings is 6. The highest BCUT2D eigenvalue weighted by Crippen LogP contribution is 2.41. The molecule has 0 nitrogen and oxygen atoms in total. The Bertz CT molecular complexity index is 1500. The van der Waals surface area contributed by atoms with Gasteiger partial charge in [-0.15, -0.1) is 0 Å². The number of hydrogen-bond donors (Lipinski definition) is 0. The van der Waals surface area contributed by atoms with Crippen LogP contribution in [-0.4, -0.2) is 0 Å². The molecule has 186 valence electrons. The van der Waals surface area contributed by atoms with Gasteiger partial charge in [-0.3, -0.25) is 0 Å². The third-order valence-electron chi connectivity index (χ3n) is 7.42. The maximum atomic E-state index is 2.48. The van der Waals surface area contributed by atoms with Crippen molar-refractivity contribution in [1.82, 2.24) is 0 Å². The van der Waals surface area contributed by atoms with Gasteiger partial charge >= 0.3 is 0 Å². The van der Waals surface area contributed by atoms with Gasteiger partial charge in [-0.2, -0.15) is 0 Å². The third-order valence-corrected chi connectivity index (χ3v) is 12.3. The fraction of sp³-hybridized carbons (Fsp3) is 0.0270. The Morgan fingerprint density at radius 2 is 0.615 bits per heavy atom. The summed E-state index contributed by atoms with van der Waals surface area (Å²) in [6.45, 7) is 0. The quantitative estimate of drug-likeness (QED) is 0.207. The summed E-state index contributed by atoms with van der Waals surface area (Å²) in [5.41, 5.74) is 5.67. The van der Waals surface area contributed by atoms with Crippen molar-refractivity contribution in [3.05, 3.63) is 169 Å². The molecule has 1 aliphatic rings. The molecule has 2 heteroatoms. The van der Waals surface area contributed by atoms with E-state index in [9.17, 15) is 0 Å². The maximum absolute atomic E-state index is 2.48. The number of hydrogen-bond acceptors (Lipinski definition) is 0. The minimum absolute atomic E-state index is 0.602. The Morgan fingerprint density at radius 3 is 0.923 bits per heavy atom. The number of rotatable bonds is 6. The van der Waals surface area contributed by atoms with Gasteiger partial charge in [0.15, 0.2) is 0 Å². The minimum atomic E-state index is -0.602. The van der Waals surface area contributed by atoms with E-state index in [0.717, 1.165) is 6.42 Å². The first-order chi connectivity index (χ1) is 19.3. The molecule has 6 aromatic rings. The molecule has 6 aromatic carbocycles. The van der Waals surface area contributed by atoms with E-state index in [1.165, 1.54) is 54.1 Å². The largest absolute Gasteiger partial charge is 0.0622 e. The highest BCUT2D eigenvalue weighted by atomic mass is 31.1. The SMILES string of the molecule is c1ccc(P(c2ccccc2)c2ccc3c(c2)Cc2cc(P(c4ccccc4)c4ccccc4)ccc2-3)cc1. The molecule has 0 unspecified atom stereocenters. The molecule has 0 saturated carbocycles. The van der Waals surface area contributed by atoms with Gasteiger partial charge < -0.3 is 0 Å². The van der Waals surface area contributed by atoms with Crippen molar-refractivity contribution in [2.24, 2.45) is 0 Å². The topological polar surface area (TPSA) is 0 Å². The van der Waals surface area contributed by atoms with Crippen LogP contribution in [0.5, 0.6) is 0 Å². The Balaban J connectivity index is 1.27. The summed E-state index contributed by atoms with van der Waals surface area (Å²) in [4.78, 5) is 0. The van der Waals surface area contributed by atoms with E-state index in [1.807, 2.05) is 0 Å². The average Bonchev–Trinajstić information content (AvgIpc) is 3.37. The Morgan fingerprint density at radius 1 is 0.308 bits per heavy atom. The third kappa shape index (κ3) is 4.77. The summed E-state index contributed by atoms with van der Waals surface area (Å²) in [7, 11) is -1.20. The summed E-state index contributed by atoms with van der Waals surface area (Å²) in [5, 5.41) is 8.43. The van der Waals surface area contributed by atoms with Crippen LogP contribution in [0.2, 0.25) is 0 Å². The second-order valence-electron chi connectivity index (χ2n) is 9.87. The highest BCUT2D eigenvalue weighted by Gasteiger charge is 2.24. The summed E-state index contributed by atoms with van der Waals surface area (Å²) < 4.78 is 0. The zero-order valence-electron chi connectivity index (χ0n) is 21.6. The maximum Gasteiger partial charge on any atom is -0.00130 e. The van der Waals surface area contributed by atoms with Gasteiger partial charge in [-0.1, -0.05) is 146 Å². The van der Waals surface area contributed by atoms with Crippen LogP contribution in [-0.2, 0) is 6.42 Å².